The molecule has 0 radical (unpaired) electrons. The Bertz CT molecular complexity index is 1360. The van der Waals surface area contributed by atoms with E-state index in [0.717, 1.165) is 0 Å². The minimum absolute atomic E-state index is 0. The molecule has 5 rings (SSSR count). The summed E-state index contributed by atoms with van der Waals surface area (Å²) >= 11 is 2.55. The maximum absolute atomic E-state index is 2.69. The van der Waals surface area contributed by atoms with Gasteiger partial charge in [-0.3, -0.25) is 0 Å². The van der Waals surface area contributed by atoms with Crippen molar-refractivity contribution >= 4 is 29.7 Å². The number of aryl methyl sites for hydroxylation is 6. The molecule has 1 unspecified atom stereocenters. The van der Waals surface area contributed by atoms with E-state index in [1.165, 1.54) is 65.6 Å². The van der Waals surface area contributed by atoms with E-state index in [1.807, 2.05) is 0 Å². The van der Waals surface area contributed by atoms with E-state index in [2.05, 4.69) is 154 Å². The Morgan fingerprint density at radius 2 is 0.846 bits per heavy atom. The van der Waals surface area contributed by atoms with Crippen LogP contribution in [0.1, 0.15) is 51.4 Å². The van der Waals surface area contributed by atoms with Crippen LogP contribution in [0, 0.1) is 41.5 Å². The van der Waals surface area contributed by atoms with Crippen molar-refractivity contribution in [2.75, 3.05) is 0 Å². The fourth-order valence-corrected chi connectivity index (χ4v) is 15.5. The van der Waals surface area contributed by atoms with Crippen LogP contribution in [0.3, 0.4) is 0 Å². The van der Waals surface area contributed by atoms with Crippen molar-refractivity contribution in [1.29, 1.82) is 0 Å². The van der Waals surface area contributed by atoms with Gasteiger partial charge in [0.1, 0.15) is 0 Å². The summed E-state index contributed by atoms with van der Waals surface area (Å²) in [6, 6.07) is 31.0. The van der Waals surface area contributed by atoms with E-state index in [9.17, 15) is 0 Å². The van der Waals surface area contributed by atoms with Gasteiger partial charge in [-0.1, -0.05) is 0 Å². The summed E-state index contributed by atoms with van der Waals surface area (Å²) in [6.45, 7) is 15.9. The molecule has 1 aliphatic rings. The Morgan fingerprint density at radius 1 is 0.513 bits per heavy atom. The molecule has 1 aliphatic carbocycles. The third kappa shape index (κ3) is 5.52. The summed E-state index contributed by atoms with van der Waals surface area (Å²) in [7, 11) is -2.69. The molecule has 0 aliphatic heterocycles. The fourth-order valence-electron chi connectivity index (χ4n) is 6.74. The van der Waals surface area contributed by atoms with Gasteiger partial charge in [-0.15, -0.1) is 0 Å². The van der Waals surface area contributed by atoms with Crippen molar-refractivity contribution in [2.45, 2.75) is 51.8 Å². The third-order valence-electron chi connectivity index (χ3n) is 7.85. The van der Waals surface area contributed by atoms with Gasteiger partial charge in [-0.2, -0.15) is 0 Å². The second kappa shape index (κ2) is 12.5. The zero-order valence-electron chi connectivity index (χ0n) is 23.7. The fraction of sp³-hybridized carbons (Fsp3) is 0.235. The first-order chi connectivity index (χ1) is 17.0. The molecule has 0 amide bonds. The number of hydrogen-bond donors (Lipinski definition) is 0. The maximum Gasteiger partial charge on any atom is -1.00 e. The summed E-state index contributed by atoms with van der Waals surface area (Å²) in [5.41, 5.74) is 12.3. The van der Waals surface area contributed by atoms with Gasteiger partial charge in [-0.05, 0) is 0 Å². The van der Waals surface area contributed by atoms with Crippen LogP contribution in [0.15, 0.2) is 84.4 Å². The van der Waals surface area contributed by atoms with E-state index >= 15 is 0 Å². The van der Waals surface area contributed by atoms with Crippen LogP contribution in [0.25, 0.3) is 6.08 Å². The van der Waals surface area contributed by atoms with Crippen molar-refractivity contribution in [2.24, 2.45) is 0 Å². The van der Waals surface area contributed by atoms with E-state index in [0.29, 0.717) is 0 Å². The van der Waals surface area contributed by atoms with E-state index < -0.39 is 8.07 Å². The molecule has 4 aromatic carbocycles. The first kappa shape index (κ1) is 33.6. The molecule has 0 spiro atoms. The Morgan fingerprint density at radius 3 is 1.21 bits per heavy atom. The van der Waals surface area contributed by atoms with Crippen molar-refractivity contribution in [3.05, 3.63) is 129 Å². The van der Waals surface area contributed by atoms with Crippen LogP contribution in [-0.2, 0) is 23.8 Å². The average molecular weight is 626 g/mol. The van der Waals surface area contributed by atoms with Gasteiger partial charge in [-0.25, -0.2) is 0 Å². The summed E-state index contributed by atoms with van der Waals surface area (Å²) in [6.07, 6.45) is 2.45. The van der Waals surface area contributed by atoms with Gasteiger partial charge in [0.25, 0.3) is 0 Å². The number of halogens is 3. The molecule has 0 aromatic heterocycles. The second-order valence-electron chi connectivity index (χ2n) is 11.0. The number of hydrogen-bond acceptors (Lipinski definition) is 0. The maximum atomic E-state index is 2.55. The van der Waals surface area contributed by atoms with Gasteiger partial charge < -0.3 is 37.2 Å². The van der Waals surface area contributed by atoms with Gasteiger partial charge in [0.15, 0.2) is 0 Å². The van der Waals surface area contributed by atoms with Crippen LogP contribution in [0.2, 0.25) is 0 Å². The molecule has 0 N–H and O–H groups in total. The summed E-state index contributed by atoms with van der Waals surface area (Å²) in [5.74, 6) is 0. The molecule has 0 heterocycles. The standard InChI is InChI=1S/C34H35Si.3ClH.Ti/c1-22-12-23(2)16-30(15-22)35(31-17-24(3)13-25(4)18-31,32-19-26(5)14-27(6)20-32)34-28(7)21-29-10-8-9-11-33(29)34;;;;/h8-21H,1-7H3;3*1H;/q;;;;+3/p-3. The zero-order valence-corrected chi connectivity index (χ0v) is 28.5. The van der Waals surface area contributed by atoms with Crippen LogP contribution in [0.4, 0.5) is 0 Å². The number of fused-ring (bicyclic) bond motifs is 1. The molecule has 0 bridgehead atoms. The predicted molar refractivity (Wildman–Crippen MR) is 154 cm³/mol. The normalized spacial score (nSPS) is 15.9. The average Bonchev–Trinajstić information content (AvgIpc) is 3.03. The largest absolute Gasteiger partial charge is 1.00 e. The molecule has 200 valence electrons. The van der Waals surface area contributed by atoms with Crippen molar-refractivity contribution in [1.82, 2.24) is 0 Å². The second-order valence-corrected chi connectivity index (χ2v) is 17.0. The smallest absolute Gasteiger partial charge is 1.00 e. The molecule has 0 saturated carbocycles. The Labute approximate surface area is 266 Å². The predicted octanol–water partition coefficient (Wildman–Crippen LogP) is -2.58. The first-order valence-corrected chi connectivity index (χ1v) is 15.6. The molecule has 4 aromatic rings. The molecule has 0 fully saturated rings. The minimum atomic E-state index is -2.69. The Balaban J connectivity index is 0.00000178. The van der Waals surface area contributed by atoms with E-state index in [4.69, 9.17) is 0 Å². The van der Waals surface area contributed by atoms with Gasteiger partial charge in [0.05, 0.1) is 0 Å². The molecule has 0 saturated heterocycles. The molecule has 5 heteroatoms. The van der Waals surface area contributed by atoms with Gasteiger partial charge in [0, 0.05) is 0 Å². The Hall–Kier alpha value is -1.58. The topological polar surface area (TPSA) is 0 Å². The van der Waals surface area contributed by atoms with Crippen molar-refractivity contribution in [3.63, 3.8) is 0 Å². The first-order valence-electron chi connectivity index (χ1n) is 12.9. The van der Waals surface area contributed by atoms with E-state index in [-0.39, 0.29) is 40.6 Å². The zero-order chi connectivity index (χ0) is 25.8. The van der Waals surface area contributed by atoms with Crippen molar-refractivity contribution in [3.8, 4) is 0 Å². The number of allylic oxidation sites excluding steroid dienone is 1. The molecule has 1 atom stereocenters. The van der Waals surface area contributed by atoms with Crippen molar-refractivity contribution < 1.29 is 57.7 Å². The third-order valence-corrected chi connectivity index (χ3v) is 15.9. The summed E-state index contributed by atoms with van der Waals surface area (Å²) in [4.78, 5) is 0. The van der Waals surface area contributed by atoms with Crippen LogP contribution in [0.5, 0.6) is 0 Å². The summed E-state index contributed by atoms with van der Waals surface area (Å²) in [5, 5.41) is 4.51. The van der Waals surface area contributed by atoms with Crippen LogP contribution >= 0.6 is 0 Å². The SMILES string of the molecule is CC1=Cc2ccccc2[C]1([Ti+3])[Si](c1cc(C)cc(C)c1)(c1cc(C)cc(C)c1)c1cc(C)cc(C)c1.[Cl-].[Cl-].[Cl-]. The Kier molecular flexibility index (Phi) is 10.8. The molecule has 39 heavy (non-hydrogen) atoms. The van der Waals surface area contributed by atoms with Gasteiger partial charge in [0.2, 0.25) is 0 Å². The molecule has 0 nitrogen and oxygen atoms in total. The van der Waals surface area contributed by atoms with Gasteiger partial charge >= 0.3 is 231 Å². The molecular formula is C34H35Cl3SiTi. The number of benzene rings is 4. The van der Waals surface area contributed by atoms with Crippen LogP contribution in [-0.4, -0.2) is 8.07 Å². The summed E-state index contributed by atoms with van der Waals surface area (Å²) < 4.78 is -0.135. The monoisotopic (exact) mass is 624 g/mol. The number of rotatable bonds is 4. The van der Waals surface area contributed by atoms with E-state index in [1.54, 1.807) is 0 Å². The van der Waals surface area contributed by atoms with Crippen LogP contribution < -0.4 is 52.8 Å². The minimum Gasteiger partial charge on any atom is -1.00 e. The molecular weight excluding hydrogens is 591 g/mol. The quantitative estimate of drug-likeness (QED) is 0.173.